The predicted molar refractivity (Wildman–Crippen MR) is 106 cm³/mol. The highest BCUT2D eigenvalue weighted by molar-refractivity contribution is 5.77. The normalized spacial score (nSPS) is 13.8. The molecule has 1 aromatic carbocycles. The SMILES string of the molecule is CC(C)(C)n1nc2c(c1-n1cccc1)CN(C(=O)CCc1ccccc1)C2. The Hall–Kier alpha value is -2.82. The molecule has 0 radical (unpaired) electrons. The van der Waals surface area contributed by atoms with Gasteiger partial charge in [0.1, 0.15) is 5.82 Å². The highest BCUT2D eigenvalue weighted by Crippen LogP contribution is 2.32. The van der Waals surface area contributed by atoms with Crippen molar-refractivity contribution in [3.8, 4) is 5.82 Å². The molecule has 140 valence electrons. The Balaban J connectivity index is 1.54. The predicted octanol–water partition coefficient (Wildman–Crippen LogP) is 3.90. The summed E-state index contributed by atoms with van der Waals surface area (Å²) in [5.41, 5.74) is 3.26. The first-order valence-corrected chi connectivity index (χ1v) is 9.50. The quantitative estimate of drug-likeness (QED) is 0.706. The zero-order chi connectivity index (χ0) is 19.0. The Kier molecular flexibility index (Phi) is 4.38. The van der Waals surface area contributed by atoms with Crippen molar-refractivity contribution in [1.82, 2.24) is 19.2 Å². The second-order valence-electron chi connectivity index (χ2n) is 8.16. The number of carbonyl (C=O) groups excluding carboxylic acids is 1. The number of hydrogen-bond donors (Lipinski definition) is 0. The third-order valence-electron chi connectivity index (χ3n) is 5.04. The topological polar surface area (TPSA) is 43.1 Å². The maximum Gasteiger partial charge on any atom is 0.223 e. The number of aryl methyl sites for hydroxylation is 1. The summed E-state index contributed by atoms with van der Waals surface area (Å²) >= 11 is 0. The van der Waals surface area contributed by atoms with Gasteiger partial charge >= 0.3 is 0 Å². The molecule has 0 saturated carbocycles. The van der Waals surface area contributed by atoms with Crippen LogP contribution in [0, 0.1) is 0 Å². The number of carbonyl (C=O) groups is 1. The molecule has 1 aliphatic rings. The maximum absolute atomic E-state index is 12.7. The van der Waals surface area contributed by atoms with Gasteiger partial charge in [0, 0.05) is 24.4 Å². The summed E-state index contributed by atoms with van der Waals surface area (Å²) in [5.74, 6) is 1.26. The summed E-state index contributed by atoms with van der Waals surface area (Å²) in [7, 11) is 0. The molecule has 27 heavy (non-hydrogen) atoms. The molecule has 0 N–H and O–H groups in total. The lowest BCUT2D eigenvalue weighted by Gasteiger charge is -2.24. The van der Waals surface area contributed by atoms with Gasteiger partial charge in [-0.25, -0.2) is 4.68 Å². The Morgan fingerprint density at radius 1 is 1.04 bits per heavy atom. The average Bonchev–Trinajstić information content (AvgIpc) is 3.34. The third kappa shape index (κ3) is 3.42. The van der Waals surface area contributed by atoms with Crippen molar-refractivity contribution in [2.24, 2.45) is 0 Å². The summed E-state index contributed by atoms with van der Waals surface area (Å²) in [4.78, 5) is 14.7. The summed E-state index contributed by atoms with van der Waals surface area (Å²) in [6.07, 6.45) is 5.39. The highest BCUT2D eigenvalue weighted by atomic mass is 16.2. The van der Waals surface area contributed by atoms with Crippen LogP contribution in [0.5, 0.6) is 0 Å². The van der Waals surface area contributed by atoms with Crippen molar-refractivity contribution in [3.05, 3.63) is 71.7 Å². The first-order chi connectivity index (χ1) is 12.9. The molecule has 2 aromatic heterocycles. The number of aromatic nitrogens is 3. The fourth-order valence-electron chi connectivity index (χ4n) is 3.64. The van der Waals surface area contributed by atoms with E-state index in [4.69, 9.17) is 5.10 Å². The Morgan fingerprint density at radius 2 is 1.74 bits per heavy atom. The van der Waals surface area contributed by atoms with E-state index in [0.29, 0.717) is 19.5 Å². The van der Waals surface area contributed by atoms with Gasteiger partial charge < -0.3 is 9.47 Å². The van der Waals surface area contributed by atoms with E-state index in [0.717, 1.165) is 23.5 Å². The van der Waals surface area contributed by atoms with Gasteiger partial charge in [-0.05, 0) is 44.9 Å². The number of hydrogen-bond acceptors (Lipinski definition) is 2. The van der Waals surface area contributed by atoms with Crippen LogP contribution in [0.4, 0.5) is 0 Å². The van der Waals surface area contributed by atoms with E-state index < -0.39 is 0 Å². The van der Waals surface area contributed by atoms with E-state index >= 15 is 0 Å². The molecule has 5 nitrogen and oxygen atoms in total. The van der Waals surface area contributed by atoms with Crippen molar-refractivity contribution < 1.29 is 4.79 Å². The zero-order valence-corrected chi connectivity index (χ0v) is 16.2. The van der Waals surface area contributed by atoms with Gasteiger partial charge in [0.2, 0.25) is 5.91 Å². The molecule has 0 unspecified atom stereocenters. The van der Waals surface area contributed by atoms with E-state index in [2.05, 4.69) is 42.2 Å². The smallest absolute Gasteiger partial charge is 0.223 e. The lowest BCUT2D eigenvalue weighted by Crippen LogP contribution is -2.29. The summed E-state index contributed by atoms with van der Waals surface area (Å²) < 4.78 is 4.19. The van der Waals surface area contributed by atoms with Crippen LogP contribution >= 0.6 is 0 Å². The summed E-state index contributed by atoms with van der Waals surface area (Å²) in [6, 6.07) is 14.2. The monoisotopic (exact) mass is 362 g/mol. The largest absolute Gasteiger partial charge is 0.332 e. The Labute approximate surface area is 160 Å². The van der Waals surface area contributed by atoms with Crippen molar-refractivity contribution in [1.29, 1.82) is 0 Å². The molecule has 1 amide bonds. The molecule has 0 fully saturated rings. The van der Waals surface area contributed by atoms with Crippen LogP contribution in [-0.4, -0.2) is 25.2 Å². The maximum atomic E-state index is 12.7. The van der Waals surface area contributed by atoms with Crippen molar-refractivity contribution >= 4 is 5.91 Å². The second-order valence-corrected chi connectivity index (χ2v) is 8.16. The number of rotatable bonds is 4. The molecule has 0 bridgehead atoms. The van der Waals surface area contributed by atoms with Gasteiger partial charge in [-0.15, -0.1) is 0 Å². The van der Waals surface area contributed by atoms with E-state index in [9.17, 15) is 4.79 Å². The molecule has 3 aromatic rings. The van der Waals surface area contributed by atoms with Crippen molar-refractivity contribution in [2.75, 3.05) is 0 Å². The number of nitrogens with zero attached hydrogens (tertiary/aromatic N) is 4. The molecule has 0 aliphatic carbocycles. The molecular formula is C22H26N4O. The van der Waals surface area contributed by atoms with E-state index in [1.54, 1.807) is 0 Å². The van der Waals surface area contributed by atoms with E-state index in [1.165, 1.54) is 5.56 Å². The fourth-order valence-corrected chi connectivity index (χ4v) is 3.64. The minimum Gasteiger partial charge on any atom is -0.332 e. The van der Waals surface area contributed by atoms with E-state index in [1.807, 2.05) is 47.6 Å². The van der Waals surface area contributed by atoms with Crippen LogP contribution in [0.3, 0.4) is 0 Å². The Morgan fingerprint density at radius 3 is 2.41 bits per heavy atom. The third-order valence-corrected chi connectivity index (χ3v) is 5.04. The second kappa shape index (κ2) is 6.72. The Bertz CT molecular complexity index is 933. The zero-order valence-electron chi connectivity index (χ0n) is 16.2. The summed E-state index contributed by atoms with van der Waals surface area (Å²) in [5, 5.41) is 4.87. The van der Waals surface area contributed by atoms with Gasteiger partial charge in [-0.3, -0.25) is 4.79 Å². The van der Waals surface area contributed by atoms with Crippen LogP contribution in [-0.2, 0) is 29.8 Å². The molecular weight excluding hydrogens is 336 g/mol. The summed E-state index contributed by atoms with van der Waals surface area (Å²) in [6.45, 7) is 7.70. The van der Waals surface area contributed by atoms with Gasteiger partial charge in [0.25, 0.3) is 0 Å². The first-order valence-electron chi connectivity index (χ1n) is 9.50. The van der Waals surface area contributed by atoms with Crippen LogP contribution in [0.1, 0.15) is 44.0 Å². The molecule has 4 rings (SSSR count). The van der Waals surface area contributed by atoms with Gasteiger partial charge in [0.05, 0.1) is 24.3 Å². The molecule has 0 saturated heterocycles. The number of amides is 1. The van der Waals surface area contributed by atoms with Crippen LogP contribution in [0.2, 0.25) is 0 Å². The standard InChI is InChI=1S/C22H26N4O/c1-22(2,3)26-21(24-13-7-8-14-24)18-15-25(16-19(18)23-26)20(27)12-11-17-9-5-4-6-10-17/h4-10,13-14H,11-12,15-16H2,1-3H3. The van der Waals surface area contributed by atoms with Gasteiger partial charge in [-0.2, -0.15) is 5.10 Å². The van der Waals surface area contributed by atoms with Gasteiger partial charge in [0.15, 0.2) is 0 Å². The van der Waals surface area contributed by atoms with Crippen LogP contribution in [0.15, 0.2) is 54.9 Å². The molecule has 0 spiro atoms. The lowest BCUT2D eigenvalue weighted by atomic mass is 10.1. The number of benzene rings is 1. The highest BCUT2D eigenvalue weighted by Gasteiger charge is 2.33. The van der Waals surface area contributed by atoms with Gasteiger partial charge in [-0.1, -0.05) is 30.3 Å². The molecule has 5 heteroatoms. The minimum atomic E-state index is -0.119. The molecule has 1 aliphatic heterocycles. The lowest BCUT2D eigenvalue weighted by molar-refractivity contribution is -0.131. The van der Waals surface area contributed by atoms with Crippen LogP contribution in [0.25, 0.3) is 5.82 Å². The average molecular weight is 362 g/mol. The molecule has 3 heterocycles. The van der Waals surface area contributed by atoms with Crippen molar-refractivity contribution in [3.63, 3.8) is 0 Å². The number of fused-ring (bicyclic) bond motifs is 1. The first kappa shape index (κ1) is 17.6. The minimum absolute atomic E-state index is 0.119. The molecule has 0 atom stereocenters. The van der Waals surface area contributed by atoms with Crippen molar-refractivity contribution in [2.45, 2.75) is 52.2 Å². The van der Waals surface area contributed by atoms with Crippen LogP contribution < -0.4 is 0 Å². The van der Waals surface area contributed by atoms with E-state index in [-0.39, 0.29) is 11.4 Å². The fraction of sp³-hybridized carbons (Fsp3) is 0.364.